The van der Waals surface area contributed by atoms with Gasteiger partial charge in [-0.1, -0.05) is 47.4 Å². The SMILES string of the molecule is O=C(CSc1nnc(Nc2ccccc2)s1)Nc1cccc(S(=O)(=O)N2CCOCC2)c1. The minimum atomic E-state index is -3.63. The molecule has 0 spiro atoms. The van der Waals surface area contributed by atoms with Crippen molar-refractivity contribution in [1.82, 2.24) is 14.5 Å². The number of amides is 1. The molecule has 0 aliphatic carbocycles. The maximum Gasteiger partial charge on any atom is 0.243 e. The van der Waals surface area contributed by atoms with Gasteiger partial charge < -0.3 is 15.4 Å². The van der Waals surface area contributed by atoms with E-state index in [4.69, 9.17) is 4.74 Å². The highest BCUT2D eigenvalue weighted by molar-refractivity contribution is 8.01. The number of thioether (sulfide) groups is 1. The Kier molecular flexibility index (Phi) is 7.37. The second-order valence-corrected chi connectivity index (χ2v) is 10.9. The molecule has 2 aromatic carbocycles. The molecule has 2 heterocycles. The highest BCUT2D eigenvalue weighted by Gasteiger charge is 2.26. The third-order valence-corrected chi connectivity index (χ3v) is 8.35. The maximum atomic E-state index is 12.8. The zero-order valence-electron chi connectivity index (χ0n) is 16.9. The van der Waals surface area contributed by atoms with Gasteiger partial charge in [0.25, 0.3) is 0 Å². The van der Waals surface area contributed by atoms with Crippen molar-refractivity contribution in [1.29, 1.82) is 0 Å². The lowest BCUT2D eigenvalue weighted by atomic mass is 10.3. The van der Waals surface area contributed by atoms with Gasteiger partial charge in [-0.25, -0.2) is 8.42 Å². The summed E-state index contributed by atoms with van der Waals surface area (Å²) in [5.74, 6) is -0.135. The Morgan fingerprint density at radius 2 is 1.81 bits per heavy atom. The molecule has 1 aliphatic heterocycles. The zero-order chi connectivity index (χ0) is 22.4. The predicted octanol–water partition coefficient (Wildman–Crippen LogP) is 3.03. The number of para-hydroxylation sites is 1. The number of ether oxygens (including phenoxy) is 1. The molecule has 32 heavy (non-hydrogen) atoms. The van der Waals surface area contributed by atoms with Crippen LogP contribution in [0.25, 0.3) is 0 Å². The minimum absolute atomic E-state index is 0.125. The molecule has 9 nitrogen and oxygen atoms in total. The summed E-state index contributed by atoms with van der Waals surface area (Å²) in [4.78, 5) is 12.5. The topological polar surface area (TPSA) is 114 Å². The molecule has 2 N–H and O–H groups in total. The van der Waals surface area contributed by atoms with Crippen LogP contribution in [0, 0.1) is 0 Å². The van der Waals surface area contributed by atoms with Gasteiger partial charge in [0.05, 0.1) is 23.9 Å². The fraction of sp³-hybridized carbons (Fsp3) is 0.250. The molecule has 1 aliphatic rings. The van der Waals surface area contributed by atoms with Crippen molar-refractivity contribution in [3.8, 4) is 0 Å². The van der Waals surface area contributed by atoms with Gasteiger partial charge in [-0.05, 0) is 30.3 Å². The van der Waals surface area contributed by atoms with Crippen LogP contribution in [0.2, 0.25) is 0 Å². The second kappa shape index (κ2) is 10.4. The number of carbonyl (C=O) groups is 1. The Hall–Kier alpha value is -2.51. The lowest BCUT2D eigenvalue weighted by molar-refractivity contribution is -0.113. The summed E-state index contributed by atoms with van der Waals surface area (Å²) in [6.07, 6.45) is 0. The molecule has 0 atom stereocenters. The van der Waals surface area contributed by atoms with Crippen LogP contribution in [-0.2, 0) is 19.6 Å². The van der Waals surface area contributed by atoms with E-state index >= 15 is 0 Å². The molecular formula is C20H21N5O4S3. The highest BCUT2D eigenvalue weighted by atomic mass is 32.2. The number of nitrogens with zero attached hydrogens (tertiary/aromatic N) is 3. The van der Waals surface area contributed by atoms with Crippen molar-refractivity contribution < 1.29 is 17.9 Å². The molecule has 168 valence electrons. The number of sulfonamides is 1. The van der Waals surface area contributed by atoms with E-state index in [9.17, 15) is 13.2 Å². The standard InChI is InChI=1S/C20H21N5O4S3/c26-18(14-30-20-24-23-19(31-20)22-15-5-2-1-3-6-15)21-16-7-4-8-17(13-16)32(27,28)25-9-11-29-12-10-25/h1-8,13H,9-12,14H2,(H,21,26)(H,22,23). The van der Waals surface area contributed by atoms with Crippen LogP contribution >= 0.6 is 23.1 Å². The molecule has 0 radical (unpaired) electrons. The first-order chi connectivity index (χ1) is 15.5. The Balaban J connectivity index is 1.32. The van der Waals surface area contributed by atoms with Crippen molar-refractivity contribution in [3.05, 3.63) is 54.6 Å². The monoisotopic (exact) mass is 491 g/mol. The molecule has 1 fully saturated rings. The number of benzene rings is 2. The van der Waals surface area contributed by atoms with Crippen LogP contribution in [0.5, 0.6) is 0 Å². The van der Waals surface area contributed by atoms with E-state index in [1.54, 1.807) is 12.1 Å². The lowest BCUT2D eigenvalue weighted by Gasteiger charge is -2.26. The first-order valence-corrected chi connectivity index (χ1v) is 13.0. The number of nitrogens with one attached hydrogen (secondary N) is 2. The van der Waals surface area contributed by atoms with Crippen LogP contribution in [0.1, 0.15) is 0 Å². The normalized spacial score (nSPS) is 14.8. The fourth-order valence-corrected chi connectivity index (χ4v) is 5.98. The summed E-state index contributed by atoms with van der Waals surface area (Å²) in [6.45, 7) is 1.39. The molecule has 4 rings (SSSR count). The van der Waals surface area contributed by atoms with Crippen molar-refractivity contribution in [2.75, 3.05) is 42.7 Å². The van der Waals surface area contributed by atoms with E-state index < -0.39 is 10.0 Å². The van der Waals surface area contributed by atoms with Crippen molar-refractivity contribution >= 4 is 55.5 Å². The smallest absolute Gasteiger partial charge is 0.243 e. The van der Waals surface area contributed by atoms with E-state index in [-0.39, 0.29) is 16.6 Å². The van der Waals surface area contributed by atoms with Gasteiger partial charge in [-0.15, -0.1) is 10.2 Å². The third kappa shape index (κ3) is 5.84. The second-order valence-electron chi connectivity index (χ2n) is 6.75. The Bertz CT molecular complexity index is 1160. The van der Waals surface area contributed by atoms with Crippen LogP contribution in [-0.4, -0.2) is 60.9 Å². The molecule has 0 unspecified atom stereocenters. The predicted molar refractivity (Wildman–Crippen MR) is 125 cm³/mol. The minimum Gasteiger partial charge on any atom is -0.379 e. The van der Waals surface area contributed by atoms with Crippen molar-refractivity contribution in [2.45, 2.75) is 9.24 Å². The number of carbonyl (C=O) groups excluding carboxylic acids is 1. The molecule has 1 aromatic heterocycles. The van der Waals surface area contributed by atoms with Crippen LogP contribution in [0.15, 0.2) is 63.8 Å². The van der Waals surface area contributed by atoms with Crippen molar-refractivity contribution in [2.24, 2.45) is 0 Å². The van der Waals surface area contributed by atoms with Crippen molar-refractivity contribution in [3.63, 3.8) is 0 Å². The fourth-order valence-electron chi connectivity index (χ4n) is 2.96. The summed E-state index contributed by atoms with van der Waals surface area (Å²) in [6, 6.07) is 15.9. The Morgan fingerprint density at radius 1 is 1.06 bits per heavy atom. The quantitative estimate of drug-likeness (QED) is 0.462. The van der Waals surface area contributed by atoms with Gasteiger partial charge in [0.2, 0.25) is 21.1 Å². The van der Waals surface area contributed by atoms with Gasteiger partial charge in [-0.3, -0.25) is 4.79 Å². The Labute approximate surface area is 194 Å². The highest BCUT2D eigenvalue weighted by Crippen LogP contribution is 2.28. The molecule has 12 heteroatoms. The Morgan fingerprint density at radius 3 is 2.59 bits per heavy atom. The maximum absolute atomic E-state index is 12.8. The summed E-state index contributed by atoms with van der Waals surface area (Å²) in [5.41, 5.74) is 1.33. The molecule has 3 aromatic rings. The number of aromatic nitrogens is 2. The number of hydrogen-bond donors (Lipinski definition) is 2. The number of hydrogen-bond acceptors (Lipinski definition) is 9. The third-order valence-electron chi connectivity index (χ3n) is 4.48. The number of morpholine rings is 1. The summed E-state index contributed by atoms with van der Waals surface area (Å²) in [7, 11) is -3.63. The largest absolute Gasteiger partial charge is 0.379 e. The van der Waals surface area contributed by atoms with E-state index in [1.165, 1.54) is 39.5 Å². The van der Waals surface area contributed by atoms with E-state index in [0.29, 0.717) is 41.5 Å². The van der Waals surface area contributed by atoms with Gasteiger partial charge in [0.1, 0.15) is 0 Å². The molecule has 0 saturated carbocycles. The molecule has 0 bridgehead atoms. The van der Waals surface area contributed by atoms with E-state index in [0.717, 1.165) is 5.69 Å². The molecule has 1 saturated heterocycles. The summed E-state index contributed by atoms with van der Waals surface area (Å²) < 4.78 is 32.9. The molecule has 1 amide bonds. The van der Waals surface area contributed by atoms with Gasteiger partial charge >= 0.3 is 0 Å². The number of rotatable bonds is 8. The average Bonchev–Trinajstić information content (AvgIpc) is 3.26. The van der Waals surface area contributed by atoms with Gasteiger partial charge in [0, 0.05) is 24.5 Å². The van der Waals surface area contributed by atoms with E-state index in [1.807, 2.05) is 30.3 Å². The summed E-state index contributed by atoms with van der Waals surface area (Å²) >= 11 is 2.62. The first kappa shape index (κ1) is 22.7. The van der Waals surface area contributed by atoms with Crippen LogP contribution < -0.4 is 10.6 Å². The average molecular weight is 492 g/mol. The molecular weight excluding hydrogens is 470 g/mol. The van der Waals surface area contributed by atoms with Gasteiger partial charge in [0.15, 0.2) is 4.34 Å². The lowest BCUT2D eigenvalue weighted by Crippen LogP contribution is -2.40. The summed E-state index contributed by atoms with van der Waals surface area (Å²) in [5, 5.41) is 14.7. The first-order valence-electron chi connectivity index (χ1n) is 9.77. The van der Waals surface area contributed by atoms with Crippen LogP contribution in [0.4, 0.5) is 16.5 Å². The zero-order valence-corrected chi connectivity index (χ0v) is 19.4. The van der Waals surface area contributed by atoms with Gasteiger partial charge in [-0.2, -0.15) is 4.31 Å². The van der Waals surface area contributed by atoms with E-state index in [2.05, 4.69) is 20.8 Å². The van der Waals surface area contributed by atoms with Crippen LogP contribution in [0.3, 0.4) is 0 Å². The number of anilines is 3.